The number of carbonyl (C=O) groups is 1. The summed E-state index contributed by atoms with van der Waals surface area (Å²) in [7, 11) is 0. The first kappa shape index (κ1) is 13.0. The number of nitrogens with one attached hydrogen (secondary N) is 1. The second-order valence-electron chi connectivity index (χ2n) is 3.96. The Morgan fingerprint density at radius 3 is 2.76 bits per heavy atom. The lowest BCUT2D eigenvalue weighted by atomic mass is 10.0. The summed E-state index contributed by atoms with van der Waals surface area (Å²) in [6.07, 6.45) is 3.04. The molecule has 0 saturated heterocycles. The van der Waals surface area contributed by atoms with Crippen molar-refractivity contribution < 1.29 is 10.0 Å². The number of carbonyl (C=O) groups excluding carboxylic acids is 1. The van der Waals surface area contributed by atoms with Gasteiger partial charge in [-0.15, -0.1) is 0 Å². The van der Waals surface area contributed by atoms with Crippen LogP contribution in [0.25, 0.3) is 0 Å². The van der Waals surface area contributed by atoms with Crippen molar-refractivity contribution in [2.75, 3.05) is 0 Å². The minimum absolute atomic E-state index is 0.0164. The zero-order valence-electron chi connectivity index (χ0n) is 9.79. The third-order valence-electron chi connectivity index (χ3n) is 2.31. The molecule has 0 bridgehead atoms. The van der Waals surface area contributed by atoms with E-state index in [0.29, 0.717) is 5.56 Å². The maximum atomic E-state index is 11.8. The lowest BCUT2D eigenvalue weighted by Gasteiger charge is -2.20. The summed E-state index contributed by atoms with van der Waals surface area (Å²) in [4.78, 5) is 15.7. The standard InChI is InChI=1S/C11H16N4O2/c1-7(2)9(10(12)15-17)14-11(16)8-4-3-5-13-6-8/h3-7,9,17H,1-2H3,(H2,12,15)(H,14,16). The Balaban J connectivity index is 2.79. The third-order valence-corrected chi connectivity index (χ3v) is 2.31. The highest BCUT2D eigenvalue weighted by Gasteiger charge is 2.21. The number of nitrogens with zero attached hydrogens (tertiary/aromatic N) is 2. The second-order valence-corrected chi connectivity index (χ2v) is 3.96. The molecule has 1 rings (SSSR count). The molecule has 92 valence electrons. The predicted octanol–water partition coefficient (Wildman–Crippen LogP) is 0.582. The fourth-order valence-electron chi connectivity index (χ4n) is 1.37. The molecular weight excluding hydrogens is 220 g/mol. The van der Waals surface area contributed by atoms with E-state index in [9.17, 15) is 4.79 Å². The molecule has 17 heavy (non-hydrogen) atoms. The maximum Gasteiger partial charge on any atom is 0.253 e. The van der Waals surface area contributed by atoms with Gasteiger partial charge < -0.3 is 16.3 Å². The van der Waals surface area contributed by atoms with Crippen LogP contribution in [0.5, 0.6) is 0 Å². The Bertz CT molecular complexity index is 403. The van der Waals surface area contributed by atoms with Crippen LogP contribution in [-0.4, -0.2) is 28.0 Å². The van der Waals surface area contributed by atoms with Crippen molar-refractivity contribution >= 4 is 11.7 Å². The van der Waals surface area contributed by atoms with Gasteiger partial charge >= 0.3 is 0 Å². The van der Waals surface area contributed by atoms with Gasteiger partial charge in [-0.25, -0.2) is 0 Å². The Kier molecular flexibility index (Phi) is 4.45. The Morgan fingerprint density at radius 2 is 2.29 bits per heavy atom. The fourth-order valence-corrected chi connectivity index (χ4v) is 1.37. The first-order chi connectivity index (χ1) is 8.06. The molecule has 1 unspecified atom stereocenters. The number of pyridine rings is 1. The molecule has 0 aliphatic rings. The van der Waals surface area contributed by atoms with Crippen LogP contribution in [0.3, 0.4) is 0 Å². The van der Waals surface area contributed by atoms with Crippen LogP contribution in [0.15, 0.2) is 29.7 Å². The summed E-state index contributed by atoms with van der Waals surface area (Å²) >= 11 is 0. The zero-order chi connectivity index (χ0) is 12.8. The number of nitrogens with two attached hydrogens (primary N) is 1. The van der Waals surface area contributed by atoms with Crippen molar-refractivity contribution in [3.8, 4) is 0 Å². The summed E-state index contributed by atoms with van der Waals surface area (Å²) in [5.74, 6) is -0.299. The van der Waals surface area contributed by atoms with Gasteiger partial charge in [0.1, 0.15) is 0 Å². The van der Waals surface area contributed by atoms with Crippen LogP contribution < -0.4 is 11.1 Å². The molecular formula is C11H16N4O2. The molecule has 1 aromatic rings. The molecule has 0 radical (unpaired) electrons. The van der Waals surface area contributed by atoms with Gasteiger partial charge in [0, 0.05) is 12.4 Å². The molecule has 0 aliphatic heterocycles. The maximum absolute atomic E-state index is 11.8. The molecule has 0 fully saturated rings. The van der Waals surface area contributed by atoms with Crippen molar-refractivity contribution in [1.29, 1.82) is 0 Å². The molecule has 4 N–H and O–H groups in total. The van der Waals surface area contributed by atoms with E-state index in [2.05, 4.69) is 15.5 Å². The summed E-state index contributed by atoms with van der Waals surface area (Å²) < 4.78 is 0. The molecule has 6 nitrogen and oxygen atoms in total. The third kappa shape index (κ3) is 3.44. The number of hydrogen-bond acceptors (Lipinski definition) is 4. The van der Waals surface area contributed by atoms with Gasteiger partial charge in [-0.3, -0.25) is 9.78 Å². The van der Waals surface area contributed by atoms with E-state index >= 15 is 0 Å². The van der Waals surface area contributed by atoms with E-state index in [1.807, 2.05) is 13.8 Å². The minimum Gasteiger partial charge on any atom is -0.409 e. The lowest BCUT2D eigenvalue weighted by molar-refractivity contribution is 0.0938. The Hall–Kier alpha value is -2.11. The smallest absolute Gasteiger partial charge is 0.253 e. The predicted molar refractivity (Wildman–Crippen MR) is 63.7 cm³/mol. The lowest BCUT2D eigenvalue weighted by Crippen LogP contribution is -2.47. The average Bonchev–Trinajstić information content (AvgIpc) is 2.35. The number of amidine groups is 1. The van der Waals surface area contributed by atoms with Crippen molar-refractivity contribution in [3.05, 3.63) is 30.1 Å². The van der Waals surface area contributed by atoms with E-state index in [1.54, 1.807) is 18.3 Å². The van der Waals surface area contributed by atoms with Gasteiger partial charge in [0.15, 0.2) is 5.84 Å². The van der Waals surface area contributed by atoms with Gasteiger partial charge in [0.2, 0.25) is 0 Å². The number of aromatic nitrogens is 1. The monoisotopic (exact) mass is 236 g/mol. The number of oxime groups is 1. The highest BCUT2D eigenvalue weighted by atomic mass is 16.4. The van der Waals surface area contributed by atoms with Crippen LogP contribution in [0.1, 0.15) is 24.2 Å². The number of amides is 1. The molecule has 1 aromatic heterocycles. The SMILES string of the molecule is CC(C)C(NC(=O)c1cccnc1)C(N)=NO. The van der Waals surface area contributed by atoms with E-state index in [-0.39, 0.29) is 17.7 Å². The second kappa shape index (κ2) is 5.83. The van der Waals surface area contributed by atoms with Crippen molar-refractivity contribution in [1.82, 2.24) is 10.3 Å². The van der Waals surface area contributed by atoms with Crippen molar-refractivity contribution in [3.63, 3.8) is 0 Å². The summed E-state index contributed by atoms with van der Waals surface area (Å²) in [6, 6.07) is 2.81. The van der Waals surface area contributed by atoms with Gasteiger partial charge in [-0.1, -0.05) is 19.0 Å². The van der Waals surface area contributed by atoms with Gasteiger partial charge in [-0.2, -0.15) is 0 Å². The number of hydrogen-bond donors (Lipinski definition) is 3. The zero-order valence-corrected chi connectivity index (χ0v) is 9.79. The molecule has 1 amide bonds. The van der Waals surface area contributed by atoms with Gasteiger partial charge in [-0.05, 0) is 18.1 Å². The van der Waals surface area contributed by atoms with Crippen LogP contribution in [0.2, 0.25) is 0 Å². The van der Waals surface area contributed by atoms with Crippen molar-refractivity contribution in [2.45, 2.75) is 19.9 Å². The molecule has 0 aliphatic carbocycles. The number of rotatable bonds is 4. The van der Waals surface area contributed by atoms with E-state index in [0.717, 1.165) is 0 Å². The fraction of sp³-hybridized carbons (Fsp3) is 0.364. The first-order valence-corrected chi connectivity index (χ1v) is 5.24. The molecule has 6 heteroatoms. The Morgan fingerprint density at radius 1 is 1.59 bits per heavy atom. The Labute approximate surface area is 99.5 Å². The quantitative estimate of drug-likeness (QED) is 0.308. The molecule has 0 saturated carbocycles. The molecule has 1 atom stereocenters. The molecule has 0 spiro atoms. The summed E-state index contributed by atoms with van der Waals surface area (Å²) in [5, 5.41) is 14.2. The van der Waals surface area contributed by atoms with E-state index < -0.39 is 6.04 Å². The van der Waals surface area contributed by atoms with Crippen molar-refractivity contribution in [2.24, 2.45) is 16.8 Å². The van der Waals surface area contributed by atoms with Gasteiger partial charge in [0.05, 0.1) is 11.6 Å². The normalized spacial score (nSPS) is 13.5. The first-order valence-electron chi connectivity index (χ1n) is 5.24. The summed E-state index contributed by atoms with van der Waals surface area (Å²) in [6.45, 7) is 3.73. The van der Waals surface area contributed by atoms with Crippen LogP contribution in [-0.2, 0) is 0 Å². The highest BCUT2D eigenvalue weighted by molar-refractivity contribution is 5.98. The summed E-state index contributed by atoms with van der Waals surface area (Å²) in [5.41, 5.74) is 5.95. The highest BCUT2D eigenvalue weighted by Crippen LogP contribution is 2.04. The van der Waals surface area contributed by atoms with E-state index in [4.69, 9.17) is 10.9 Å². The van der Waals surface area contributed by atoms with Crippen LogP contribution in [0.4, 0.5) is 0 Å². The average molecular weight is 236 g/mol. The van der Waals surface area contributed by atoms with E-state index in [1.165, 1.54) is 6.20 Å². The van der Waals surface area contributed by atoms with Crippen LogP contribution >= 0.6 is 0 Å². The topological polar surface area (TPSA) is 101 Å². The molecule has 1 heterocycles. The van der Waals surface area contributed by atoms with Gasteiger partial charge in [0.25, 0.3) is 5.91 Å². The minimum atomic E-state index is -0.507. The van der Waals surface area contributed by atoms with Crippen LogP contribution in [0, 0.1) is 5.92 Å². The largest absolute Gasteiger partial charge is 0.409 e. The molecule has 0 aromatic carbocycles.